The Bertz CT molecular complexity index is 1430. The number of carbonyl (C=O) groups is 3. The number of rotatable bonds is 5. The molecule has 0 unspecified atom stereocenters. The number of esters is 1. The Balaban J connectivity index is 1.29. The highest BCUT2D eigenvalue weighted by molar-refractivity contribution is 6.33. The summed E-state index contributed by atoms with van der Waals surface area (Å²) in [4.78, 5) is 37.9. The van der Waals surface area contributed by atoms with Gasteiger partial charge in [0.2, 0.25) is 0 Å². The lowest BCUT2D eigenvalue weighted by molar-refractivity contribution is 0.0467. The second-order valence-electron chi connectivity index (χ2n) is 7.55. The molecule has 0 atom stereocenters. The highest BCUT2D eigenvalue weighted by Crippen LogP contribution is 2.28. The summed E-state index contributed by atoms with van der Waals surface area (Å²) in [5.41, 5.74) is 3.15. The fourth-order valence-corrected chi connectivity index (χ4v) is 3.97. The number of ether oxygens (including phenoxy) is 1. The van der Waals surface area contributed by atoms with E-state index in [1.165, 1.54) is 0 Å². The number of benzene rings is 3. The lowest BCUT2D eigenvalue weighted by Gasteiger charge is -2.18. The van der Waals surface area contributed by atoms with E-state index in [2.05, 4.69) is 10.3 Å². The summed E-state index contributed by atoms with van der Waals surface area (Å²) in [5.74, 6) is -0.878. The van der Waals surface area contributed by atoms with Crippen LogP contribution in [0.2, 0.25) is 5.02 Å². The molecule has 0 aliphatic heterocycles. The zero-order valence-electron chi connectivity index (χ0n) is 17.2. The van der Waals surface area contributed by atoms with E-state index < -0.39 is 5.97 Å². The molecule has 0 radical (unpaired) electrons. The van der Waals surface area contributed by atoms with Gasteiger partial charge in [0.15, 0.2) is 11.6 Å². The van der Waals surface area contributed by atoms with E-state index in [0.29, 0.717) is 39.5 Å². The summed E-state index contributed by atoms with van der Waals surface area (Å²) < 4.78 is 6.84. The number of aromatic nitrogens is 3. The molecule has 7 nitrogen and oxygen atoms in total. The Morgan fingerprint density at radius 1 is 0.879 bits per heavy atom. The average Bonchev–Trinajstić information content (AvgIpc) is 3.28. The van der Waals surface area contributed by atoms with Crippen molar-refractivity contribution in [2.75, 3.05) is 0 Å². The van der Waals surface area contributed by atoms with Gasteiger partial charge >= 0.3 is 5.97 Å². The van der Waals surface area contributed by atoms with Gasteiger partial charge in [-0.15, -0.1) is 5.10 Å². The van der Waals surface area contributed by atoms with Crippen molar-refractivity contribution in [3.63, 3.8) is 0 Å². The highest BCUT2D eigenvalue weighted by Gasteiger charge is 2.29. The van der Waals surface area contributed by atoms with Crippen LogP contribution in [0.4, 0.5) is 0 Å². The van der Waals surface area contributed by atoms with Crippen molar-refractivity contribution in [2.45, 2.75) is 13.2 Å². The highest BCUT2D eigenvalue weighted by atomic mass is 35.5. The monoisotopic (exact) mass is 457 g/mol. The molecule has 0 bridgehead atoms. The molecule has 0 spiro atoms. The van der Waals surface area contributed by atoms with Crippen LogP contribution in [0.25, 0.3) is 0 Å². The minimum absolute atomic E-state index is 0.0575. The number of hydrogen-bond acceptors (Lipinski definition) is 6. The fraction of sp³-hybridized carbons (Fsp3) is 0.0800. The van der Waals surface area contributed by atoms with Crippen LogP contribution in [0.15, 0.2) is 72.9 Å². The number of halogens is 1. The van der Waals surface area contributed by atoms with Crippen molar-refractivity contribution in [3.8, 4) is 0 Å². The summed E-state index contributed by atoms with van der Waals surface area (Å²) in [5, 5.41) is 8.40. The van der Waals surface area contributed by atoms with Crippen LogP contribution in [0.1, 0.15) is 53.5 Å². The van der Waals surface area contributed by atoms with Gasteiger partial charge in [0.05, 0.1) is 23.3 Å². The molecule has 0 N–H and O–H groups in total. The number of ketones is 2. The maximum atomic E-state index is 12.9. The molecule has 1 heterocycles. The molecule has 5 rings (SSSR count). The van der Waals surface area contributed by atoms with Gasteiger partial charge in [0.1, 0.15) is 12.3 Å². The van der Waals surface area contributed by atoms with E-state index in [0.717, 1.165) is 5.56 Å². The van der Waals surface area contributed by atoms with E-state index in [4.69, 9.17) is 16.3 Å². The molecule has 1 aliphatic rings. The molecular weight excluding hydrogens is 442 g/mol. The molecule has 1 aromatic heterocycles. The fourth-order valence-electron chi connectivity index (χ4n) is 3.76. The first-order chi connectivity index (χ1) is 16.0. The first-order valence-electron chi connectivity index (χ1n) is 10.1. The van der Waals surface area contributed by atoms with E-state index >= 15 is 0 Å². The third kappa shape index (κ3) is 3.94. The van der Waals surface area contributed by atoms with Gasteiger partial charge in [-0.25, -0.2) is 9.48 Å². The van der Waals surface area contributed by atoms with Crippen LogP contribution in [-0.2, 0) is 17.9 Å². The predicted octanol–water partition coefficient (Wildman–Crippen LogP) is 4.11. The minimum Gasteiger partial charge on any atom is -0.455 e. The van der Waals surface area contributed by atoms with Crippen molar-refractivity contribution >= 4 is 29.1 Å². The molecular formula is C25H16ClN3O4. The minimum atomic E-state index is -0.548. The first kappa shape index (κ1) is 20.8. The zero-order valence-corrected chi connectivity index (χ0v) is 18.0. The number of carbonyl (C=O) groups excluding carboxylic acids is 3. The van der Waals surface area contributed by atoms with Gasteiger partial charge in [-0.1, -0.05) is 59.3 Å². The average molecular weight is 458 g/mol. The van der Waals surface area contributed by atoms with Crippen molar-refractivity contribution in [2.24, 2.45) is 0 Å². The summed E-state index contributed by atoms with van der Waals surface area (Å²) in [6.45, 7) is 0.278. The van der Waals surface area contributed by atoms with Crippen LogP contribution in [0.3, 0.4) is 0 Å². The van der Waals surface area contributed by atoms with Crippen molar-refractivity contribution in [1.29, 1.82) is 0 Å². The Morgan fingerprint density at radius 3 is 2.30 bits per heavy atom. The Hall–Kier alpha value is -4.10. The van der Waals surface area contributed by atoms with Gasteiger partial charge in [-0.05, 0) is 29.8 Å². The molecule has 4 aromatic rings. The topological polar surface area (TPSA) is 91.2 Å². The molecule has 0 saturated carbocycles. The number of fused-ring (bicyclic) bond motifs is 2. The van der Waals surface area contributed by atoms with Crippen LogP contribution in [0, 0.1) is 0 Å². The standard InChI is InChI=1S/C25H16ClN3O4/c26-22-8-4-3-7-20(22)25(32)33-14-16-13-29(28-27-16)12-15-9-10-19-21(11-15)24(31)18-6-2-1-5-17(18)23(19)30/h1-11,13H,12,14H2. The van der Waals surface area contributed by atoms with E-state index in [1.807, 2.05) is 0 Å². The summed E-state index contributed by atoms with van der Waals surface area (Å²) in [7, 11) is 0. The summed E-state index contributed by atoms with van der Waals surface area (Å²) in [6.07, 6.45) is 1.65. The molecule has 8 heteroatoms. The van der Waals surface area contributed by atoms with Gasteiger partial charge in [0.25, 0.3) is 0 Å². The van der Waals surface area contributed by atoms with E-state index in [1.54, 1.807) is 77.6 Å². The van der Waals surface area contributed by atoms with Crippen molar-refractivity contribution < 1.29 is 19.1 Å². The second-order valence-corrected chi connectivity index (χ2v) is 7.95. The van der Waals surface area contributed by atoms with E-state index in [-0.39, 0.29) is 23.7 Å². The molecule has 3 aromatic carbocycles. The largest absolute Gasteiger partial charge is 0.455 e. The zero-order chi connectivity index (χ0) is 22.9. The lowest BCUT2D eigenvalue weighted by Crippen LogP contribution is -2.21. The Morgan fingerprint density at radius 2 is 1.55 bits per heavy atom. The SMILES string of the molecule is O=C(OCc1cn(Cc2ccc3c(c2)C(=O)c2ccccc2C3=O)nn1)c1ccccc1Cl. The molecule has 1 aliphatic carbocycles. The third-order valence-electron chi connectivity index (χ3n) is 5.37. The molecule has 0 fully saturated rings. The quantitative estimate of drug-likeness (QED) is 0.369. The van der Waals surface area contributed by atoms with Gasteiger partial charge < -0.3 is 4.74 Å². The van der Waals surface area contributed by atoms with Crippen molar-refractivity contribution in [3.05, 3.63) is 117 Å². The van der Waals surface area contributed by atoms with Crippen LogP contribution in [0.5, 0.6) is 0 Å². The molecule has 33 heavy (non-hydrogen) atoms. The number of nitrogens with zero attached hydrogens (tertiary/aromatic N) is 3. The maximum Gasteiger partial charge on any atom is 0.340 e. The number of hydrogen-bond donors (Lipinski definition) is 0. The van der Waals surface area contributed by atoms with Crippen molar-refractivity contribution in [1.82, 2.24) is 15.0 Å². The van der Waals surface area contributed by atoms with E-state index in [9.17, 15) is 14.4 Å². The predicted molar refractivity (Wildman–Crippen MR) is 119 cm³/mol. The van der Waals surface area contributed by atoms with Crippen LogP contribution in [-0.4, -0.2) is 32.5 Å². The second kappa shape index (κ2) is 8.44. The molecule has 162 valence electrons. The van der Waals surface area contributed by atoms with Crippen LogP contribution < -0.4 is 0 Å². The van der Waals surface area contributed by atoms with Gasteiger partial charge in [-0.3, -0.25) is 9.59 Å². The Labute approximate surface area is 193 Å². The molecule has 0 amide bonds. The maximum absolute atomic E-state index is 12.9. The lowest BCUT2D eigenvalue weighted by atomic mass is 9.83. The summed E-state index contributed by atoms with van der Waals surface area (Å²) in [6, 6.07) is 18.6. The first-order valence-corrected chi connectivity index (χ1v) is 10.5. The van der Waals surface area contributed by atoms with Gasteiger partial charge in [0, 0.05) is 22.3 Å². The molecule has 0 saturated heterocycles. The van der Waals surface area contributed by atoms with Crippen LogP contribution >= 0.6 is 11.6 Å². The summed E-state index contributed by atoms with van der Waals surface area (Å²) >= 11 is 6.01. The third-order valence-corrected chi connectivity index (χ3v) is 5.69. The Kier molecular flexibility index (Phi) is 5.32. The van der Waals surface area contributed by atoms with Gasteiger partial charge in [-0.2, -0.15) is 0 Å². The normalized spacial score (nSPS) is 12.3. The smallest absolute Gasteiger partial charge is 0.340 e.